The first-order valence-corrected chi connectivity index (χ1v) is 31.1. The molecule has 0 fully saturated rings. The number of nitrogens with two attached hydrogens (primary N) is 3. The quantitative estimate of drug-likeness (QED) is 0.00613. The third-order valence-electron chi connectivity index (χ3n) is 14.9. The zero-order valence-electron chi connectivity index (χ0n) is 55.6. The molecule has 97 heavy (non-hydrogen) atoms. The number of Topliss-reactive ketones (excluding diaryl/α,β-unsaturated/α-hetero) is 2. The molecule has 16 N–H and O–H groups in total. The number of benzene rings is 2. The SMILES string of the molecule is CC[C@H](C)[C@H](NC(=O)[C@@H](CCCN=C(N)N)NC(=O)[C@H](CC(C)C)NC(=O)[C@@H](CC(=O)OC(C)(C)C)[C@H](O)C(C)C)C(=O)NC(C(=O)NCC(=O)C[C@H](C(=O)C[C@@H](CO)C(=O)NC[C@H](CC(=O)OCc1ccccc1)C(=O)Oc1c(F)c(F)c(F)c(F)c1F)[C@H](O)C(N)=O)[C@H](C)O. The Balaban J connectivity index is 2.35. The van der Waals surface area contributed by atoms with E-state index < -0.39 is 241 Å². The van der Waals surface area contributed by atoms with Gasteiger partial charge in [0.25, 0.3) is 0 Å². The molecule has 2 aromatic rings. The smallest absolute Gasteiger partial charge is 0.316 e. The van der Waals surface area contributed by atoms with Crippen molar-refractivity contribution in [2.24, 2.45) is 63.6 Å². The van der Waals surface area contributed by atoms with Crippen LogP contribution in [0.15, 0.2) is 35.3 Å². The van der Waals surface area contributed by atoms with Gasteiger partial charge in [-0.25, -0.2) is 13.2 Å². The second kappa shape index (κ2) is 40.1. The minimum atomic E-state index is -2.60. The minimum absolute atomic E-state index is 0.00451. The van der Waals surface area contributed by atoms with Gasteiger partial charge in [0.05, 0.1) is 61.9 Å². The molecule has 0 saturated heterocycles. The van der Waals surface area contributed by atoms with Crippen LogP contribution in [0, 0.1) is 70.5 Å². The predicted octanol–water partition coefficient (Wildman–Crippen LogP) is 0.0896. The van der Waals surface area contributed by atoms with E-state index in [2.05, 4.69) is 41.6 Å². The number of ketones is 2. The number of aliphatic hydroxyl groups is 4. The number of carbonyl (C=O) groups is 12. The van der Waals surface area contributed by atoms with Crippen molar-refractivity contribution in [3.63, 3.8) is 0 Å². The van der Waals surface area contributed by atoms with E-state index in [1.807, 2.05) is 0 Å². The van der Waals surface area contributed by atoms with Crippen LogP contribution in [0.25, 0.3) is 0 Å². The fraction of sp³-hybridized carbons (Fsp3) is 0.603. The van der Waals surface area contributed by atoms with Gasteiger partial charge in [-0.2, -0.15) is 8.78 Å². The van der Waals surface area contributed by atoms with Gasteiger partial charge in [-0.1, -0.05) is 78.3 Å². The van der Waals surface area contributed by atoms with E-state index in [0.717, 1.165) is 6.92 Å². The van der Waals surface area contributed by atoms with E-state index in [1.165, 1.54) is 12.1 Å². The fourth-order valence-electron chi connectivity index (χ4n) is 9.34. The summed E-state index contributed by atoms with van der Waals surface area (Å²) in [5.41, 5.74) is 15.8. The highest BCUT2D eigenvalue weighted by atomic mass is 19.2. The molecule has 0 saturated carbocycles. The lowest BCUT2D eigenvalue weighted by Crippen LogP contribution is -2.61. The summed E-state index contributed by atoms with van der Waals surface area (Å²) < 4.78 is 85.9. The third kappa shape index (κ3) is 28.1. The Labute approximate surface area is 557 Å². The molecule has 0 heterocycles. The molecule has 542 valence electrons. The van der Waals surface area contributed by atoms with E-state index in [0.29, 0.717) is 5.56 Å². The number of aliphatic imine (C=N–C) groups is 1. The molecule has 34 heteroatoms. The average Bonchev–Trinajstić information content (AvgIpc) is 0.800. The maximum Gasteiger partial charge on any atom is 0.316 e. The van der Waals surface area contributed by atoms with Gasteiger partial charge in [0.15, 0.2) is 11.7 Å². The van der Waals surface area contributed by atoms with Crippen molar-refractivity contribution >= 4 is 76.8 Å². The lowest BCUT2D eigenvalue weighted by molar-refractivity contribution is -0.159. The topological polar surface area (TPSA) is 476 Å². The largest absolute Gasteiger partial charge is 0.461 e. The number of primary amides is 1. The van der Waals surface area contributed by atoms with Crippen molar-refractivity contribution in [3.8, 4) is 5.75 Å². The van der Waals surface area contributed by atoms with Crippen LogP contribution in [0.2, 0.25) is 0 Å². The van der Waals surface area contributed by atoms with Crippen LogP contribution in [0.3, 0.4) is 0 Å². The molecule has 1 unspecified atom stereocenters. The van der Waals surface area contributed by atoms with Gasteiger partial charge in [0, 0.05) is 25.9 Å². The zero-order chi connectivity index (χ0) is 73.9. The normalized spacial score (nSPS) is 15.2. The number of halogens is 5. The van der Waals surface area contributed by atoms with Gasteiger partial charge in [-0.3, -0.25) is 62.5 Å². The first-order chi connectivity index (χ1) is 45.1. The maximum atomic E-state index is 14.6. The number of nitrogens with one attached hydrogen (secondary N) is 6. The Kier molecular flexibility index (Phi) is 34.8. The maximum absolute atomic E-state index is 14.6. The number of hydrogen-bond donors (Lipinski definition) is 13. The molecule has 2 rings (SSSR count). The Morgan fingerprint density at radius 2 is 1.20 bits per heavy atom. The van der Waals surface area contributed by atoms with E-state index >= 15 is 0 Å². The molecule has 0 aliphatic heterocycles. The summed E-state index contributed by atoms with van der Waals surface area (Å²) in [7, 11) is 0. The number of carbonyl (C=O) groups excluding carboxylic acids is 12. The lowest BCUT2D eigenvalue weighted by Gasteiger charge is -2.30. The van der Waals surface area contributed by atoms with Gasteiger partial charge in [0.1, 0.15) is 48.3 Å². The summed E-state index contributed by atoms with van der Waals surface area (Å²) in [6.45, 7) is 12.1. The van der Waals surface area contributed by atoms with Crippen molar-refractivity contribution in [1.29, 1.82) is 0 Å². The summed E-state index contributed by atoms with van der Waals surface area (Å²) in [6, 6.07) is 1.63. The standard InChI is InChI=1S/C63H91F5N10O19/c1-11-31(6)49(77-57(90)39(18-15-19-72-62(70)71)75-58(91)40(20-29(2)3)76-56(89)38(51(85)30(4)5)24-43(84)97-63(8,9)10)60(93)78-50(32(7)80)59(92)74-26-36(81)23-37(52(86)54(69)87)41(82)21-35(27-79)55(88)73-25-34(22-42(83)95-28-33-16-13-12-14-17-33)61(94)96-53-47(67)45(65)44(64)46(66)48(53)68/h12-14,16-17,29-32,34-35,37-40,49-52,79-80,85-86H,11,15,18-28H2,1-10H3,(H2,69,87)(H,73,88)(H,74,92)(H,75,91)(H,76,89)(H,77,90)(H,78,93)(H4,70,71,72)/t31-,32-,34-,35-,37+,38-,39+,40-,49-,50?,51+,52-/m0/s1. The van der Waals surface area contributed by atoms with E-state index in [4.69, 9.17) is 26.7 Å². The number of rotatable bonds is 41. The molecule has 12 atom stereocenters. The Morgan fingerprint density at radius 3 is 1.72 bits per heavy atom. The summed E-state index contributed by atoms with van der Waals surface area (Å²) >= 11 is 0. The van der Waals surface area contributed by atoms with E-state index in [-0.39, 0.29) is 44.1 Å². The van der Waals surface area contributed by atoms with Gasteiger partial charge >= 0.3 is 17.9 Å². The number of guanidine groups is 1. The summed E-state index contributed by atoms with van der Waals surface area (Å²) in [4.78, 5) is 166. The molecule has 0 aromatic heterocycles. The molecule has 7 amide bonds. The average molecular weight is 1390 g/mol. The number of amides is 7. The van der Waals surface area contributed by atoms with Crippen molar-refractivity contribution in [3.05, 3.63) is 65.0 Å². The molecule has 0 aliphatic rings. The molecule has 29 nitrogen and oxygen atoms in total. The number of hydrogen-bond acceptors (Lipinski definition) is 20. The Bertz CT molecular complexity index is 3090. The first kappa shape index (κ1) is 84.3. The minimum Gasteiger partial charge on any atom is -0.461 e. The highest BCUT2D eigenvalue weighted by Gasteiger charge is 2.40. The number of aliphatic hydroxyl groups excluding tert-OH is 4. The van der Waals surface area contributed by atoms with Gasteiger partial charge in [-0.15, -0.1) is 0 Å². The number of ether oxygens (including phenoxy) is 3. The van der Waals surface area contributed by atoms with Crippen LogP contribution in [0.5, 0.6) is 5.75 Å². The third-order valence-corrected chi connectivity index (χ3v) is 14.9. The number of nitrogens with zero attached hydrogens (tertiary/aromatic N) is 1. The van der Waals surface area contributed by atoms with Crippen LogP contribution in [0.1, 0.15) is 126 Å². The monoisotopic (exact) mass is 1390 g/mol. The van der Waals surface area contributed by atoms with Crippen molar-refractivity contribution in [2.45, 2.75) is 175 Å². The van der Waals surface area contributed by atoms with Crippen LogP contribution < -0.4 is 53.8 Å². The second-order valence-corrected chi connectivity index (χ2v) is 25.0. The Morgan fingerprint density at radius 1 is 0.629 bits per heavy atom. The Hall–Kier alpha value is -8.76. The fourth-order valence-corrected chi connectivity index (χ4v) is 9.34. The van der Waals surface area contributed by atoms with Crippen molar-refractivity contribution in [2.75, 3.05) is 26.2 Å². The summed E-state index contributed by atoms with van der Waals surface area (Å²) in [6.07, 6.45) is -9.35. The van der Waals surface area contributed by atoms with Crippen molar-refractivity contribution < 1.29 is 114 Å². The summed E-state index contributed by atoms with van der Waals surface area (Å²) in [5, 5.41) is 57.2. The molecule has 0 aliphatic carbocycles. The molecular weight excluding hydrogens is 1300 g/mol. The van der Waals surface area contributed by atoms with Crippen LogP contribution in [0.4, 0.5) is 22.0 Å². The lowest BCUT2D eigenvalue weighted by atomic mass is 9.86. The van der Waals surface area contributed by atoms with Gasteiger partial charge in [-0.05, 0) is 70.3 Å². The van der Waals surface area contributed by atoms with Crippen LogP contribution >= 0.6 is 0 Å². The number of esters is 3. The van der Waals surface area contributed by atoms with E-state index in [1.54, 1.807) is 80.5 Å². The second-order valence-electron chi connectivity index (χ2n) is 25.0. The van der Waals surface area contributed by atoms with Gasteiger partial charge < -0.3 is 83.7 Å². The van der Waals surface area contributed by atoms with Crippen LogP contribution in [-0.2, 0) is 73.6 Å². The summed E-state index contributed by atoms with van der Waals surface area (Å²) in [5.74, 6) is -38.2. The first-order valence-electron chi connectivity index (χ1n) is 31.1. The highest BCUT2D eigenvalue weighted by Crippen LogP contribution is 2.31. The zero-order valence-corrected chi connectivity index (χ0v) is 55.6. The van der Waals surface area contributed by atoms with Gasteiger partial charge in [0.2, 0.25) is 76.2 Å². The highest BCUT2D eigenvalue weighted by molar-refractivity contribution is 5.99. The van der Waals surface area contributed by atoms with E-state index in [9.17, 15) is 99.9 Å². The van der Waals surface area contributed by atoms with Crippen molar-refractivity contribution in [1.82, 2.24) is 31.9 Å². The molecule has 0 radical (unpaired) electrons. The molecule has 2 aromatic carbocycles. The van der Waals surface area contributed by atoms with Crippen LogP contribution in [-0.4, -0.2) is 172 Å². The molecule has 0 spiro atoms. The molecular formula is C63H91F5N10O19. The molecule has 0 bridgehead atoms. The predicted molar refractivity (Wildman–Crippen MR) is 334 cm³/mol.